The number of aliphatic hydroxyl groups is 2. The maximum Gasteiger partial charge on any atom is 0.128 e. The zero-order chi connectivity index (χ0) is 11.5. The van der Waals surface area contributed by atoms with E-state index in [0.717, 1.165) is 5.56 Å². The van der Waals surface area contributed by atoms with Gasteiger partial charge in [0.05, 0.1) is 18.8 Å². The normalized spacial score (nSPS) is 11.5. The summed E-state index contributed by atoms with van der Waals surface area (Å²) >= 11 is 0. The van der Waals surface area contributed by atoms with E-state index in [9.17, 15) is 0 Å². The van der Waals surface area contributed by atoms with Crippen LogP contribution in [-0.2, 0) is 0 Å². The van der Waals surface area contributed by atoms with Gasteiger partial charge < -0.3 is 21.3 Å². The fourth-order valence-corrected chi connectivity index (χ4v) is 1.05. The molecule has 1 rings (SSSR count). The van der Waals surface area contributed by atoms with E-state index in [2.05, 4.69) is 10.3 Å². The second-order valence-electron chi connectivity index (χ2n) is 3.93. The summed E-state index contributed by atoms with van der Waals surface area (Å²) in [6.45, 7) is 3.20. The molecule has 1 aromatic heterocycles. The van der Waals surface area contributed by atoms with Crippen LogP contribution in [-0.4, -0.2) is 33.9 Å². The molecule has 5 N–H and O–H groups in total. The molecule has 0 aliphatic rings. The Hall–Kier alpha value is -1.33. The Morgan fingerprint density at radius 2 is 2.07 bits per heavy atom. The van der Waals surface area contributed by atoms with Crippen molar-refractivity contribution in [1.29, 1.82) is 0 Å². The first-order valence-electron chi connectivity index (χ1n) is 4.73. The van der Waals surface area contributed by atoms with E-state index in [1.165, 1.54) is 0 Å². The lowest BCUT2D eigenvalue weighted by molar-refractivity contribution is 0.147. The van der Waals surface area contributed by atoms with Gasteiger partial charge in [-0.2, -0.15) is 0 Å². The SMILES string of the molecule is Cc1cnc(NC(C)(CO)CO)cc1N. The molecule has 0 fully saturated rings. The second-order valence-corrected chi connectivity index (χ2v) is 3.93. The molecule has 5 heteroatoms. The van der Waals surface area contributed by atoms with Crippen LogP contribution in [0.5, 0.6) is 0 Å². The molecule has 0 bridgehead atoms. The average Bonchev–Trinajstić information content (AvgIpc) is 2.23. The van der Waals surface area contributed by atoms with E-state index in [1.54, 1.807) is 19.2 Å². The molecular weight excluding hydrogens is 194 g/mol. The molecule has 0 aromatic carbocycles. The average molecular weight is 211 g/mol. The van der Waals surface area contributed by atoms with Crippen molar-refractivity contribution in [2.45, 2.75) is 19.4 Å². The lowest BCUT2D eigenvalue weighted by Gasteiger charge is -2.26. The highest BCUT2D eigenvalue weighted by molar-refractivity contribution is 5.54. The number of nitrogen functional groups attached to an aromatic ring is 1. The van der Waals surface area contributed by atoms with E-state index in [0.29, 0.717) is 11.5 Å². The molecule has 0 radical (unpaired) electrons. The molecule has 0 aliphatic heterocycles. The van der Waals surface area contributed by atoms with Crippen molar-refractivity contribution in [2.75, 3.05) is 24.3 Å². The first-order chi connectivity index (χ1) is 7.00. The molecular formula is C10H17N3O2. The number of nitrogens with two attached hydrogens (primary N) is 1. The predicted molar refractivity (Wildman–Crippen MR) is 59.6 cm³/mol. The van der Waals surface area contributed by atoms with Gasteiger partial charge >= 0.3 is 0 Å². The summed E-state index contributed by atoms with van der Waals surface area (Å²) < 4.78 is 0. The van der Waals surface area contributed by atoms with Gasteiger partial charge in [-0.25, -0.2) is 4.98 Å². The number of pyridine rings is 1. The van der Waals surface area contributed by atoms with Gasteiger partial charge in [0.15, 0.2) is 0 Å². The van der Waals surface area contributed by atoms with Crippen molar-refractivity contribution in [1.82, 2.24) is 4.98 Å². The van der Waals surface area contributed by atoms with Gasteiger partial charge in [0.1, 0.15) is 5.82 Å². The van der Waals surface area contributed by atoms with Gasteiger partial charge in [0.25, 0.3) is 0 Å². The fraction of sp³-hybridized carbons (Fsp3) is 0.500. The summed E-state index contributed by atoms with van der Waals surface area (Å²) in [5.74, 6) is 0.545. The number of hydrogen-bond acceptors (Lipinski definition) is 5. The highest BCUT2D eigenvalue weighted by atomic mass is 16.3. The van der Waals surface area contributed by atoms with Crippen molar-refractivity contribution in [3.63, 3.8) is 0 Å². The first-order valence-corrected chi connectivity index (χ1v) is 4.73. The number of aliphatic hydroxyl groups excluding tert-OH is 2. The Balaban J connectivity index is 2.85. The maximum atomic E-state index is 9.09. The standard InChI is InChI=1S/C10H17N3O2/c1-7-4-12-9(3-8(7)11)13-10(2,5-14)6-15/h3-4,14-15H,5-6H2,1-2H3,(H3,11,12,13). The third-order valence-corrected chi connectivity index (χ3v) is 2.27. The number of rotatable bonds is 4. The second kappa shape index (κ2) is 4.46. The quantitative estimate of drug-likeness (QED) is 0.568. The van der Waals surface area contributed by atoms with Crippen LogP contribution in [0.15, 0.2) is 12.3 Å². The van der Waals surface area contributed by atoms with E-state index < -0.39 is 5.54 Å². The van der Waals surface area contributed by atoms with E-state index >= 15 is 0 Å². The molecule has 1 heterocycles. The highest BCUT2D eigenvalue weighted by Gasteiger charge is 2.22. The third kappa shape index (κ3) is 2.81. The van der Waals surface area contributed by atoms with E-state index in [4.69, 9.17) is 15.9 Å². The highest BCUT2D eigenvalue weighted by Crippen LogP contribution is 2.17. The van der Waals surface area contributed by atoms with Crippen molar-refractivity contribution < 1.29 is 10.2 Å². The van der Waals surface area contributed by atoms with Gasteiger partial charge in [-0.1, -0.05) is 0 Å². The molecule has 0 atom stereocenters. The number of aromatic nitrogens is 1. The van der Waals surface area contributed by atoms with Gasteiger partial charge in [0.2, 0.25) is 0 Å². The van der Waals surface area contributed by atoms with Gasteiger partial charge in [-0.15, -0.1) is 0 Å². The lowest BCUT2D eigenvalue weighted by Crippen LogP contribution is -2.42. The maximum absolute atomic E-state index is 9.09. The number of hydrogen-bond donors (Lipinski definition) is 4. The smallest absolute Gasteiger partial charge is 0.128 e. The number of nitrogens with zero attached hydrogens (tertiary/aromatic N) is 1. The number of anilines is 2. The minimum Gasteiger partial charge on any atom is -0.398 e. The summed E-state index contributed by atoms with van der Waals surface area (Å²) in [5.41, 5.74) is 6.46. The predicted octanol–water partition coefficient (Wildman–Crippen LogP) is 0.127. The van der Waals surface area contributed by atoms with Crippen LogP contribution in [0.25, 0.3) is 0 Å². The van der Waals surface area contributed by atoms with Gasteiger partial charge in [0, 0.05) is 18.0 Å². The van der Waals surface area contributed by atoms with E-state index in [1.807, 2.05) is 6.92 Å². The summed E-state index contributed by atoms with van der Waals surface area (Å²) in [7, 11) is 0. The largest absolute Gasteiger partial charge is 0.398 e. The monoisotopic (exact) mass is 211 g/mol. The van der Waals surface area contributed by atoms with Crippen molar-refractivity contribution in [2.24, 2.45) is 0 Å². The summed E-state index contributed by atoms with van der Waals surface area (Å²) in [6, 6.07) is 1.68. The molecule has 0 aliphatic carbocycles. The molecule has 0 saturated carbocycles. The molecule has 0 amide bonds. The van der Waals surface area contributed by atoms with Crippen molar-refractivity contribution in [3.8, 4) is 0 Å². The third-order valence-electron chi connectivity index (χ3n) is 2.27. The van der Waals surface area contributed by atoms with Crippen LogP contribution in [0.3, 0.4) is 0 Å². The van der Waals surface area contributed by atoms with Crippen molar-refractivity contribution in [3.05, 3.63) is 17.8 Å². The Morgan fingerprint density at radius 1 is 1.47 bits per heavy atom. The molecule has 5 nitrogen and oxygen atoms in total. The first kappa shape index (κ1) is 11.7. The van der Waals surface area contributed by atoms with Crippen LogP contribution in [0.4, 0.5) is 11.5 Å². The Kier molecular flexibility index (Phi) is 3.49. The Labute approximate surface area is 89.0 Å². The molecule has 0 saturated heterocycles. The van der Waals surface area contributed by atoms with Crippen LogP contribution in [0.2, 0.25) is 0 Å². The van der Waals surface area contributed by atoms with Crippen LogP contribution >= 0.6 is 0 Å². The zero-order valence-electron chi connectivity index (χ0n) is 8.99. The minimum atomic E-state index is -0.783. The van der Waals surface area contributed by atoms with Crippen LogP contribution < -0.4 is 11.1 Å². The molecule has 84 valence electrons. The summed E-state index contributed by atoms with van der Waals surface area (Å²) in [4.78, 5) is 4.11. The fourth-order valence-electron chi connectivity index (χ4n) is 1.05. The molecule has 1 aromatic rings. The molecule has 0 spiro atoms. The summed E-state index contributed by atoms with van der Waals surface area (Å²) in [6.07, 6.45) is 1.65. The van der Waals surface area contributed by atoms with Crippen molar-refractivity contribution >= 4 is 11.5 Å². The van der Waals surface area contributed by atoms with E-state index in [-0.39, 0.29) is 13.2 Å². The van der Waals surface area contributed by atoms with Crippen LogP contribution in [0.1, 0.15) is 12.5 Å². The zero-order valence-corrected chi connectivity index (χ0v) is 8.99. The minimum absolute atomic E-state index is 0.182. The molecule has 15 heavy (non-hydrogen) atoms. The molecule has 0 unspecified atom stereocenters. The topological polar surface area (TPSA) is 91.4 Å². The number of nitrogens with one attached hydrogen (secondary N) is 1. The van der Waals surface area contributed by atoms with Crippen LogP contribution in [0, 0.1) is 6.92 Å². The number of aryl methyl sites for hydroxylation is 1. The van der Waals surface area contributed by atoms with Gasteiger partial charge in [-0.05, 0) is 19.4 Å². The Morgan fingerprint density at radius 3 is 2.53 bits per heavy atom. The Bertz CT molecular complexity index is 337. The lowest BCUT2D eigenvalue weighted by atomic mass is 10.1. The summed E-state index contributed by atoms with van der Waals surface area (Å²) in [5, 5.41) is 21.1. The van der Waals surface area contributed by atoms with Gasteiger partial charge in [-0.3, -0.25) is 0 Å².